The summed E-state index contributed by atoms with van der Waals surface area (Å²) in [6.45, 7) is 5.65. The van der Waals surface area contributed by atoms with Gasteiger partial charge in [0.15, 0.2) is 0 Å². The van der Waals surface area contributed by atoms with Crippen LogP contribution in [-0.2, 0) is 16.4 Å². The van der Waals surface area contributed by atoms with Gasteiger partial charge in [-0.1, -0.05) is 26.0 Å². The van der Waals surface area contributed by atoms with E-state index in [1.165, 1.54) is 0 Å². The molecule has 132 valence electrons. The van der Waals surface area contributed by atoms with Crippen molar-refractivity contribution in [3.8, 4) is 0 Å². The smallest absolute Gasteiger partial charge is 0.240 e. The van der Waals surface area contributed by atoms with E-state index in [1.807, 2.05) is 27.0 Å². The van der Waals surface area contributed by atoms with Crippen molar-refractivity contribution in [2.45, 2.75) is 44.6 Å². The molecule has 0 fully saturated rings. The molecule has 0 saturated carbocycles. The lowest BCUT2D eigenvalue weighted by molar-refractivity contribution is 0.240. The number of aliphatic hydroxyl groups excluding tert-OH is 1. The standard InChI is InChI=1S/C17H25N3O3S/c1-12(2)8-16(11-21)20-24(22,23)17-6-4-14(5-7-17)9-15-10-18-13(3)19-15/h4-7,10,12,16,20-21H,8-9,11H2,1-3H3,(H,18,19)/t16-/m0/s1. The predicted molar refractivity (Wildman–Crippen MR) is 93.2 cm³/mol. The fourth-order valence-corrected chi connectivity index (χ4v) is 3.81. The van der Waals surface area contributed by atoms with E-state index in [2.05, 4.69) is 14.7 Å². The van der Waals surface area contributed by atoms with Gasteiger partial charge in [-0.15, -0.1) is 0 Å². The van der Waals surface area contributed by atoms with Crippen molar-refractivity contribution < 1.29 is 13.5 Å². The molecule has 2 rings (SSSR count). The Hall–Kier alpha value is -1.70. The van der Waals surface area contributed by atoms with Gasteiger partial charge in [-0.25, -0.2) is 18.1 Å². The van der Waals surface area contributed by atoms with Crippen LogP contribution in [0.15, 0.2) is 35.4 Å². The molecule has 2 aromatic rings. The molecule has 1 aromatic heterocycles. The molecule has 0 aliphatic rings. The maximum absolute atomic E-state index is 12.4. The summed E-state index contributed by atoms with van der Waals surface area (Å²) in [7, 11) is -3.63. The highest BCUT2D eigenvalue weighted by Gasteiger charge is 2.20. The molecule has 0 spiro atoms. The van der Waals surface area contributed by atoms with Crippen LogP contribution >= 0.6 is 0 Å². The third-order valence-electron chi connectivity index (χ3n) is 3.68. The minimum absolute atomic E-state index is 0.201. The van der Waals surface area contributed by atoms with Gasteiger partial charge in [-0.05, 0) is 37.0 Å². The predicted octanol–water partition coefficient (Wildman–Crippen LogP) is 1.99. The van der Waals surface area contributed by atoms with Gasteiger partial charge in [0.05, 0.1) is 17.2 Å². The normalized spacial score (nSPS) is 13.4. The molecule has 7 heteroatoms. The highest BCUT2D eigenvalue weighted by Crippen LogP contribution is 2.15. The van der Waals surface area contributed by atoms with Crippen molar-refractivity contribution in [1.82, 2.24) is 14.7 Å². The Bertz CT molecular complexity index is 752. The van der Waals surface area contributed by atoms with Crippen LogP contribution in [0.2, 0.25) is 0 Å². The molecular formula is C17H25N3O3S. The number of aryl methyl sites for hydroxylation is 1. The number of nitrogens with zero attached hydrogens (tertiary/aromatic N) is 1. The molecule has 0 unspecified atom stereocenters. The molecule has 1 heterocycles. The second-order valence-electron chi connectivity index (χ2n) is 6.43. The second-order valence-corrected chi connectivity index (χ2v) is 8.14. The third kappa shape index (κ3) is 5.15. The lowest BCUT2D eigenvalue weighted by Gasteiger charge is -2.18. The maximum Gasteiger partial charge on any atom is 0.240 e. The summed E-state index contributed by atoms with van der Waals surface area (Å²) in [5.41, 5.74) is 1.90. The molecular weight excluding hydrogens is 326 g/mol. The van der Waals surface area contributed by atoms with Gasteiger partial charge in [0.1, 0.15) is 5.82 Å². The fraction of sp³-hybridized carbons (Fsp3) is 0.471. The number of benzene rings is 1. The summed E-state index contributed by atoms with van der Waals surface area (Å²) in [6, 6.07) is 6.27. The number of hydrogen-bond donors (Lipinski definition) is 3. The van der Waals surface area contributed by atoms with E-state index >= 15 is 0 Å². The van der Waals surface area contributed by atoms with Gasteiger partial charge in [0.2, 0.25) is 10.0 Å². The Balaban J connectivity index is 2.07. The Morgan fingerprint density at radius 1 is 1.25 bits per heavy atom. The maximum atomic E-state index is 12.4. The first kappa shape index (κ1) is 18.6. The molecule has 0 aliphatic heterocycles. The van der Waals surface area contributed by atoms with Crippen molar-refractivity contribution >= 4 is 10.0 Å². The summed E-state index contributed by atoms with van der Waals surface area (Å²) in [5, 5.41) is 9.36. The van der Waals surface area contributed by atoms with Crippen molar-refractivity contribution in [2.24, 2.45) is 5.92 Å². The largest absolute Gasteiger partial charge is 0.395 e. The van der Waals surface area contributed by atoms with Crippen LogP contribution in [0, 0.1) is 12.8 Å². The Morgan fingerprint density at radius 3 is 2.42 bits per heavy atom. The number of rotatable bonds is 8. The Labute approximate surface area is 143 Å². The lowest BCUT2D eigenvalue weighted by Crippen LogP contribution is -2.38. The van der Waals surface area contributed by atoms with E-state index < -0.39 is 16.1 Å². The highest BCUT2D eigenvalue weighted by molar-refractivity contribution is 7.89. The summed E-state index contributed by atoms with van der Waals surface area (Å²) < 4.78 is 27.4. The van der Waals surface area contributed by atoms with Gasteiger partial charge in [0.25, 0.3) is 0 Å². The average Bonchev–Trinajstić information content (AvgIpc) is 2.91. The monoisotopic (exact) mass is 351 g/mol. The Kier molecular flexibility index (Phi) is 6.15. The van der Waals surface area contributed by atoms with E-state index in [0.717, 1.165) is 17.1 Å². The summed E-state index contributed by atoms with van der Waals surface area (Å²) >= 11 is 0. The third-order valence-corrected chi connectivity index (χ3v) is 5.21. The van der Waals surface area contributed by atoms with Gasteiger partial charge in [0, 0.05) is 18.7 Å². The van der Waals surface area contributed by atoms with Gasteiger partial charge in [-0.3, -0.25) is 0 Å². The van der Waals surface area contributed by atoms with Crippen LogP contribution < -0.4 is 4.72 Å². The van der Waals surface area contributed by atoms with Crippen LogP contribution in [0.5, 0.6) is 0 Å². The van der Waals surface area contributed by atoms with Crippen LogP contribution in [0.25, 0.3) is 0 Å². The second kappa shape index (κ2) is 7.92. The minimum Gasteiger partial charge on any atom is -0.395 e. The summed E-state index contributed by atoms with van der Waals surface area (Å²) in [5.74, 6) is 1.15. The number of nitrogens with one attached hydrogen (secondary N) is 2. The van der Waals surface area contributed by atoms with Crippen molar-refractivity contribution in [2.75, 3.05) is 6.61 Å². The molecule has 0 aliphatic carbocycles. The SMILES string of the molecule is Cc1nc(Cc2ccc(S(=O)(=O)N[C@H](CO)CC(C)C)cc2)c[nH]1. The van der Waals surface area contributed by atoms with E-state index in [0.29, 0.717) is 18.8 Å². The van der Waals surface area contributed by atoms with Crippen LogP contribution in [0.4, 0.5) is 0 Å². The first-order valence-corrected chi connectivity index (χ1v) is 9.51. The molecule has 1 atom stereocenters. The van der Waals surface area contributed by atoms with E-state index in [4.69, 9.17) is 0 Å². The van der Waals surface area contributed by atoms with Gasteiger partial charge < -0.3 is 10.1 Å². The topological polar surface area (TPSA) is 95.1 Å². The zero-order valence-electron chi connectivity index (χ0n) is 14.3. The number of aromatic amines is 1. The number of aliphatic hydroxyl groups is 1. The first-order valence-electron chi connectivity index (χ1n) is 8.03. The van der Waals surface area contributed by atoms with E-state index in [1.54, 1.807) is 24.3 Å². The zero-order chi connectivity index (χ0) is 17.7. The number of aromatic nitrogens is 2. The number of hydrogen-bond acceptors (Lipinski definition) is 4. The number of H-pyrrole nitrogens is 1. The minimum atomic E-state index is -3.63. The van der Waals surface area contributed by atoms with Gasteiger partial charge in [-0.2, -0.15) is 0 Å². The van der Waals surface area contributed by atoms with E-state index in [9.17, 15) is 13.5 Å². The average molecular weight is 351 g/mol. The summed E-state index contributed by atoms with van der Waals surface area (Å²) in [6.07, 6.45) is 3.08. The zero-order valence-corrected chi connectivity index (χ0v) is 15.1. The highest BCUT2D eigenvalue weighted by atomic mass is 32.2. The van der Waals surface area contributed by atoms with Crippen molar-refractivity contribution in [1.29, 1.82) is 0 Å². The molecule has 0 bridgehead atoms. The van der Waals surface area contributed by atoms with Crippen LogP contribution in [-0.4, -0.2) is 36.1 Å². The van der Waals surface area contributed by atoms with Crippen LogP contribution in [0.1, 0.15) is 37.4 Å². The Morgan fingerprint density at radius 2 is 1.92 bits per heavy atom. The molecule has 6 nitrogen and oxygen atoms in total. The quantitative estimate of drug-likeness (QED) is 0.678. The lowest BCUT2D eigenvalue weighted by atomic mass is 10.1. The molecule has 0 radical (unpaired) electrons. The molecule has 1 aromatic carbocycles. The first-order chi connectivity index (χ1) is 11.3. The van der Waals surface area contributed by atoms with Gasteiger partial charge >= 0.3 is 0 Å². The number of sulfonamides is 1. The molecule has 0 saturated heterocycles. The molecule has 24 heavy (non-hydrogen) atoms. The molecule has 3 N–H and O–H groups in total. The van der Waals surface area contributed by atoms with E-state index in [-0.39, 0.29) is 11.5 Å². The number of imidazole rings is 1. The molecule has 0 amide bonds. The van der Waals surface area contributed by atoms with Crippen molar-refractivity contribution in [3.63, 3.8) is 0 Å². The van der Waals surface area contributed by atoms with Crippen LogP contribution in [0.3, 0.4) is 0 Å². The fourth-order valence-electron chi connectivity index (χ4n) is 2.57. The van der Waals surface area contributed by atoms with Crippen molar-refractivity contribution in [3.05, 3.63) is 47.5 Å². The summed E-state index contributed by atoms with van der Waals surface area (Å²) in [4.78, 5) is 7.57.